The van der Waals surface area contributed by atoms with Gasteiger partial charge in [-0.3, -0.25) is 63.2 Å². The number of nitro groups is 1. The molecule has 7 rings (SSSR count). The fraction of sp³-hybridized carbons (Fsp3) is 0.452. The zero-order valence-corrected chi connectivity index (χ0v) is 52.6. The molecule has 4 aliphatic rings. The number of esters is 1. The maximum atomic E-state index is 14.4. The Morgan fingerprint density at radius 1 is 1.00 bits per heavy atom. The zero-order chi connectivity index (χ0) is 67.4. The number of ether oxygens (including phenoxy) is 3. The summed E-state index contributed by atoms with van der Waals surface area (Å²) in [5, 5.41) is 56.2. The number of allylic oxidation sites excluding steroid dienone is 3. The molecule has 0 saturated carbocycles. The normalized spacial score (nSPS) is 23.9. The van der Waals surface area contributed by atoms with Crippen molar-refractivity contribution in [2.45, 2.75) is 128 Å². The number of amides is 7. The Morgan fingerprint density at radius 3 is 2.37 bits per heavy atom. The number of ketones is 1. The fourth-order valence-electron chi connectivity index (χ4n) is 11.1. The lowest BCUT2D eigenvalue weighted by Crippen LogP contribution is -2.62. The summed E-state index contributed by atoms with van der Waals surface area (Å²) in [6.45, 7) is 5.54. The van der Waals surface area contributed by atoms with Gasteiger partial charge in [0.15, 0.2) is 5.72 Å². The van der Waals surface area contributed by atoms with Crippen LogP contribution in [0.3, 0.4) is 0 Å². The number of epoxide rings is 1. The Morgan fingerprint density at radius 2 is 1.71 bits per heavy atom. The molecule has 2 saturated heterocycles. The second-order valence-corrected chi connectivity index (χ2v) is 25.1. The number of halogens is 1. The Bertz CT molecular complexity index is 3620. The molecule has 0 spiro atoms. The van der Waals surface area contributed by atoms with Crippen LogP contribution in [0.1, 0.15) is 112 Å². The van der Waals surface area contributed by atoms with Gasteiger partial charge in [-0.1, -0.05) is 79.1 Å². The van der Waals surface area contributed by atoms with Crippen molar-refractivity contribution in [2.24, 2.45) is 22.9 Å². The van der Waals surface area contributed by atoms with Gasteiger partial charge >= 0.3 is 12.1 Å². The number of hydrazone groups is 1. The first kappa shape index (κ1) is 70.9. The second-order valence-electron chi connectivity index (χ2n) is 23.3. The van der Waals surface area contributed by atoms with Crippen molar-refractivity contribution in [1.29, 1.82) is 0 Å². The maximum absolute atomic E-state index is 14.4. The van der Waals surface area contributed by atoms with E-state index >= 15 is 0 Å². The summed E-state index contributed by atoms with van der Waals surface area (Å²) in [6, 6.07) is 13.0. The van der Waals surface area contributed by atoms with Crippen molar-refractivity contribution in [1.82, 2.24) is 21.0 Å². The number of aliphatic hydroxyl groups is 3. The van der Waals surface area contributed by atoms with Crippen LogP contribution in [0.15, 0.2) is 95.7 Å². The quantitative estimate of drug-likeness (QED) is 0.00898. The first-order chi connectivity index (χ1) is 43.4. The van der Waals surface area contributed by atoms with Gasteiger partial charge in [-0.05, 0) is 80.5 Å². The third-order valence-electron chi connectivity index (χ3n) is 16.3. The highest BCUT2D eigenvalue weighted by Crippen LogP contribution is 2.49. The van der Waals surface area contributed by atoms with E-state index in [4.69, 9.17) is 25.8 Å². The number of benzene rings is 3. The monoisotopic (exact) mass is 1320 g/mol. The smallest absolute Gasteiger partial charge is 0.409 e. The van der Waals surface area contributed by atoms with Gasteiger partial charge in [-0.15, -0.1) is 0 Å². The van der Waals surface area contributed by atoms with E-state index in [1.165, 1.54) is 24.9 Å². The van der Waals surface area contributed by atoms with Gasteiger partial charge in [0, 0.05) is 81.6 Å². The molecular formula is C62H73ClN8O20S. The highest BCUT2D eigenvalue weighted by Gasteiger charge is 2.64. The van der Waals surface area contributed by atoms with Crippen LogP contribution in [-0.2, 0) is 77.3 Å². The summed E-state index contributed by atoms with van der Waals surface area (Å²) in [4.78, 5) is 130. The van der Waals surface area contributed by atoms with Crippen molar-refractivity contribution in [3.05, 3.63) is 134 Å². The van der Waals surface area contributed by atoms with Gasteiger partial charge in [0.2, 0.25) is 17.7 Å². The lowest BCUT2D eigenvalue weighted by atomic mass is 9.81. The van der Waals surface area contributed by atoms with E-state index in [-0.39, 0.29) is 54.5 Å². The second kappa shape index (κ2) is 30.7. The Balaban J connectivity index is 0.953. The minimum absolute atomic E-state index is 0.0566. The van der Waals surface area contributed by atoms with E-state index in [0.717, 1.165) is 34.8 Å². The van der Waals surface area contributed by atoms with Gasteiger partial charge in [-0.2, -0.15) is 13.5 Å². The van der Waals surface area contributed by atoms with Crippen molar-refractivity contribution >= 4 is 97.8 Å². The molecule has 494 valence electrons. The molecule has 92 heavy (non-hydrogen) atoms. The number of hydrogen-bond donors (Lipinski definition) is 8. The number of unbranched alkanes of at least 4 members (excludes halogenated alkanes) is 2. The number of carbonyl (C=O) groups is 9. The molecule has 0 aromatic heterocycles. The predicted octanol–water partition coefficient (Wildman–Crippen LogP) is 4.44. The van der Waals surface area contributed by atoms with Gasteiger partial charge in [0.25, 0.3) is 33.5 Å². The number of Topliss-reactive ketones (excluding diaryl/α,β-unsaturated/α-hetero) is 1. The van der Waals surface area contributed by atoms with Crippen LogP contribution in [0.5, 0.6) is 0 Å². The number of hydrogen-bond acceptors (Lipinski definition) is 20. The summed E-state index contributed by atoms with van der Waals surface area (Å²) in [5.41, 5.74) is 1.03. The van der Waals surface area contributed by atoms with Gasteiger partial charge in [0.1, 0.15) is 29.2 Å². The average molecular weight is 1320 g/mol. The summed E-state index contributed by atoms with van der Waals surface area (Å²) in [5.74, 6) is -9.57. The molecule has 2 fully saturated rings. The van der Waals surface area contributed by atoms with Crippen LogP contribution in [0, 0.1) is 27.9 Å². The Kier molecular flexibility index (Phi) is 23.6. The number of nitro benzene ring substituents is 1. The third kappa shape index (κ3) is 18.6. The molecule has 30 heteroatoms. The number of aliphatic hydroxyl groups excluding tert-OH is 2. The maximum Gasteiger partial charge on any atom is 0.409 e. The van der Waals surface area contributed by atoms with E-state index in [1.807, 2.05) is 6.92 Å². The lowest BCUT2D eigenvalue weighted by Gasteiger charge is -2.42. The van der Waals surface area contributed by atoms with E-state index in [0.29, 0.717) is 47.9 Å². The van der Waals surface area contributed by atoms with Crippen molar-refractivity contribution in [3.63, 3.8) is 0 Å². The van der Waals surface area contributed by atoms with Crippen LogP contribution in [0.25, 0.3) is 0 Å². The largest absolute Gasteiger partial charge is 0.458 e. The minimum atomic E-state index is -4.73. The first-order valence-electron chi connectivity index (χ1n) is 29.4. The number of fused-ring (bicyclic) bond motifs is 5. The Labute approximate surface area is 534 Å². The molecule has 0 radical (unpaired) electrons. The minimum Gasteiger partial charge on any atom is -0.458 e. The number of rotatable bonds is 24. The van der Waals surface area contributed by atoms with E-state index in [1.54, 1.807) is 68.5 Å². The summed E-state index contributed by atoms with van der Waals surface area (Å²) < 4.78 is 51.0. The molecular weight excluding hydrogens is 1240 g/mol. The lowest BCUT2D eigenvalue weighted by molar-refractivity contribution is -0.385. The van der Waals surface area contributed by atoms with Crippen molar-refractivity contribution in [3.8, 4) is 0 Å². The van der Waals surface area contributed by atoms with Crippen LogP contribution in [0.2, 0.25) is 5.02 Å². The highest BCUT2D eigenvalue weighted by atomic mass is 35.5. The average Bonchev–Trinajstić information content (AvgIpc) is 1.57. The SMILES string of the molecule is C/C1=C\C=C\[C@@H](CO)[C@@]2(O)C[C@H](OC(=O)N2)[C@@H](C)[C@@H]2O[C@@]2(C)[C@@H](OC(=O)Cc2ccc(/C(C)=N/NC(=O)c3ccc(NC(=O)CCNC(=O)[C@@H](CC(=O)CCCCCN4C(=O)C=CC4=O)CS(=O)(=O)O)cc3[N+](=O)[O-])cc2)CC(=O)N(C)c2cc(cc(CO)c2Cl)C1. The van der Waals surface area contributed by atoms with Gasteiger partial charge < -0.3 is 45.1 Å². The topological polar surface area (TPSA) is 410 Å². The summed E-state index contributed by atoms with van der Waals surface area (Å²) >= 11 is 6.78. The number of imide groups is 1. The number of nitrogens with one attached hydrogen (secondary N) is 4. The molecule has 0 aliphatic carbocycles. The molecule has 3 aromatic carbocycles. The van der Waals surface area contributed by atoms with Gasteiger partial charge in [0.05, 0.1) is 65.2 Å². The molecule has 8 atom stereocenters. The van der Waals surface area contributed by atoms with Crippen LogP contribution < -0.4 is 26.3 Å². The summed E-state index contributed by atoms with van der Waals surface area (Å²) in [6.07, 6.45) is 2.95. The molecule has 7 amide bonds. The number of carbonyl (C=O) groups excluding carboxylic acids is 9. The molecule has 28 nitrogen and oxygen atoms in total. The van der Waals surface area contributed by atoms with Crippen molar-refractivity contribution in [2.75, 3.05) is 42.7 Å². The number of nitrogens with zero attached hydrogens (tertiary/aromatic N) is 4. The molecule has 4 heterocycles. The van der Waals surface area contributed by atoms with Crippen LogP contribution >= 0.6 is 11.6 Å². The highest BCUT2D eigenvalue weighted by molar-refractivity contribution is 7.85. The predicted molar refractivity (Wildman–Crippen MR) is 331 cm³/mol. The molecule has 3 aromatic rings. The van der Waals surface area contributed by atoms with Crippen LogP contribution in [-0.4, -0.2) is 159 Å². The van der Waals surface area contributed by atoms with Gasteiger partial charge in [-0.25, -0.2) is 10.2 Å². The standard InChI is InChI=1S/C62H73ClN8O20S/c1-35-10-9-11-43(33-73)62(83)31-49(89-60(82)66-62)36(2)57-61(4,91-57)50(30-54(78)69(5)48-26-39(24-35)25-41(32-72)56(48)63)90-55(79)27-38-13-15-40(16-14-38)37(3)67-68-59(81)46-18-17-44(29-47(46)71(84)85)65-51(75)21-22-64-58(80)42(34-92(86,87)88)28-45(74)12-7-6-8-23-70-52(76)19-20-53(70)77/h9-11,13-20,25-26,29,36,42-43,49-50,57,72-73,83H,6-8,12,21-24,27-28,30-34H2,1-5H3,(H,64,80)(H,65,75)(H,66,82)(H,68,81)(H,86,87,88)/b11-9+,35-10+,67-37+/t36-,42+,43+,49+,50+,57+,61+,62+/m1/s1. The first-order valence-corrected chi connectivity index (χ1v) is 31.4. The van der Waals surface area contributed by atoms with E-state index in [9.17, 15) is 81.6 Å². The molecule has 4 bridgehead atoms. The van der Waals surface area contributed by atoms with E-state index in [2.05, 4.69) is 26.5 Å². The summed E-state index contributed by atoms with van der Waals surface area (Å²) in [7, 11) is -3.23. The third-order valence-corrected chi connectivity index (χ3v) is 17.6. The molecule has 8 N–H and O–H groups in total. The van der Waals surface area contributed by atoms with E-state index < -0.39 is 165 Å². The molecule has 4 aliphatic heterocycles. The van der Waals surface area contributed by atoms with Crippen molar-refractivity contribution < 1.29 is 90.6 Å². The zero-order valence-electron chi connectivity index (χ0n) is 51.0. The van der Waals surface area contributed by atoms with Crippen LogP contribution in [0.4, 0.5) is 21.9 Å². The Hall–Kier alpha value is -8.58. The molecule has 0 unspecified atom stereocenters. The fourth-order valence-corrected chi connectivity index (χ4v) is 12.2. The number of anilines is 2. The number of alkyl carbamates (subject to hydrolysis) is 1.